The zero-order valence-electron chi connectivity index (χ0n) is 14.6. The normalized spacial score (nSPS) is 16.8. The Bertz CT molecular complexity index is 643. The molecule has 1 heterocycles. The maximum atomic E-state index is 12.4. The molecular weight excluding hydrogens is 308 g/mol. The molecule has 1 unspecified atom stereocenters. The summed E-state index contributed by atoms with van der Waals surface area (Å²) in [5, 5.41) is 0. The number of nitrogens with zero attached hydrogens (tertiary/aromatic N) is 1. The molecule has 3 amide bonds. The average molecular weight is 332 g/mol. The SMILES string of the molecule is CC(C)(C)CC(C)(CCN1C(=O)c2ccccc2C1=O)OC(N)=O. The van der Waals surface area contributed by atoms with Crippen LogP contribution in [-0.2, 0) is 4.74 Å². The van der Waals surface area contributed by atoms with Gasteiger partial charge in [-0.2, -0.15) is 0 Å². The Morgan fingerprint density at radius 2 is 1.58 bits per heavy atom. The third kappa shape index (κ3) is 3.93. The van der Waals surface area contributed by atoms with E-state index in [4.69, 9.17) is 10.5 Å². The van der Waals surface area contributed by atoms with Crippen LogP contribution in [0.2, 0.25) is 0 Å². The van der Waals surface area contributed by atoms with Gasteiger partial charge in [0.1, 0.15) is 5.60 Å². The van der Waals surface area contributed by atoms with Crippen molar-refractivity contribution in [2.24, 2.45) is 11.1 Å². The molecule has 1 atom stereocenters. The van der Waals surface area contributed by atoms with Gasteiger partial charge >= 0.3 is 6.09 Å². The van der Waals surface area contributed by atoms with Gasteiger partial charge in [0.25, 0.3) is 11.8 Å². The summed E-state index contributed by atoms with van der Waals surface area (Å²) in [4.78, 5) is 37.3. The highest BCUT2D eigenvalue weighted by Crippen LogP contribution is 2.33. The molecule has 0 fully saturated rings. The number of imide groups is 1. The summed E-state index contributed by atoms with van der Waals surface area (Å²) in [5.41, 5.74) is 5.07. The molecule has 2 rings (SSSR count). The van der Waals surface area contributed by atoms with Crippen LogP contribution in [0.5, 0.6) is 0 Å². The molecule has 0 spiro atoms. The number of carbonyl (C=O) groups excluding carboxylic acids is 3. The average Bonchev–Trinajstić information content (AvgIpc) is 2.66. The molecule has 24 heavy (non-hydrogen) atoms. The second-order valence-electron chi connectivity index (χ2n) is 7.67. The van der Waals surface area contributed by atoms with Crippen LogP contribution in [0.15, 0.2) is 24.3 Å². The maximum absolute atomic E-state index is 12.4. The molecule has 6 nitrogen and oxygen atoms in total. The van der Waals surface area contributed by atoms with E-state index in [1.807, 2.05) is 20.8 Å². The number of hydrogen-bond donors (Lipinski definition) is 1. The lowest BCUT2D eigenvalue weighted by Gasteiger charge is -2.35. The van der Waals surface area contributed by atoms with Gasteiger partial charge in [0, 0.05) is 13.0 Å². The first-order chi connectivity index (χ1) is 11.0. The molecule has 1 aromatic carbocycles. The van der Waals surface area contributed by atoms with Crippen molar-refractivity contribution in [1.29, 1.82) is 0 Å². The number of primary amides is 1. The Morgan fingerprint density at radius 3 is 2.00 bits per heavy atom. The number of fused-ring (bicyclic) bond motifs is 1. The number of benzene rings is 1. The van der Waals surface area contributed by atoms with Gasteiger partial charge in [0.05, 0.1) is 11.1 Å². The predicted octanol–water partition coefficient (Wildman–Crippen LogP) is 2.96. The molecule has 0 aliphatic carbocycles. The van der Waals surface area contributed by atoms with Crippen molar-refractivity contribution >= 4 is 17.9 Å². The number of rotatable bonds is 5. The highest BCUT2D eigenvalue weighted by atomic mass is 16.6. The summed E-state index contributed by atoms with van der Waals surface area (Å²) >= 11 is 0. The van der Waals surface area contributed by atoms with Crippen LogP contribution in [-0.4, -0.2) is 35.0 Å². The first-order valence-electron chi connectivity index (χ1n) is 7.96. The van der Waals surface area contributed by atoms with Gasteiger partial charge < -0.3 is 10.5 Å². The molecule has 0 bridgehead atoms. The van der Waals surface area contributed by atoms with Crippen LogP contribution in [0.3, 0.4) is 0 Å². The highest BCUT2D eigenvalue weighted by Gasteiger charge is 2.39. The van der Waals surface area contributed by atoms with Crippen molar-refractivity contribution in [3.63, 3.8) is 0 Å². The highest BCUT2D eigenvalue weighted by molar-refractivity contribution is 6.21. The van der Waals surface area contributed by atoms with E-state index in [0.29, 0.717) is 24.0 Å². The van der Waals surface area contributed by atoms with Crippen molar-refractivity contribution in [2.75, 3.05) is 6.54 Å². The number of ether oxygens (including phenoxy) is 1. The number of nitrogens with two attached hydrogens (primary N) is 1. The Balaban J connectivity index is 2.14. The van der Waals surface area contributed by atoms with Crippen molar-refractivity contribution in [3.8, 4) is 0 Å². The van der Waals surface area contributed by atoms with Crippen molar-refractivity contribution in [3.05, 3.63) is 35.4 Å². The molecule has 1 aliphatic heterocycles. The van der Waals surface area contributed by atoms with Gasteiger partial charge in [-0.1, -0.05) is 32.9 Å². The van der Waals surface area contributed by atoms with Gasteiger partial charge in [-0.3, -0.25) is 14.5 Å². The molecule has 0 saturated heterocycles. The van der Waals surface area contributed by atoms with E-state index in [0.717, 1.165) is 0 Å². The first-order valence-corrected chi connectivity index (χ1v) is 7.96. The van der Waals surface area contributed by atoms with Crippen LogP contribution >= 0.6 is 0 Å². The fourth-order valence-electron chi connectivity index (χ4n) is 3.33. The summed E-state index contributed by atoms with van der Waals surface area (Å²) in [6.07, 6.45) is 0.0363. The van der Waals surface area contributed by atoms with Gasteiger partial charge in [0.15, 0.2) is 0 Å². The van der Waals surface area contributed by atoms with Gasteiger partial charge in [-0.15, -0.1) is 0 Å². The topological polar surface area (TPSA) is 89.7 Å². The fourth-order valence-corrected chi connectivity index (χ4v) is 3.33. The summed E-state index contributed by atoms with van der Waals surface area (Å²) in [7, 11) is 0. The lowest BCUT2D eigenvalue weighted by molar-refractivity contribution is -0.00923. The minimum Gasteiger partial charge on any atom is -0.443 e. The Morgan fingerprint density at radius 1 is 1.08 bits per heavy atom. The largest absolute Gasteiger partial charge is 0.443 e. The van der Waals surface area contributed by atoms with Crippen LogP contribution in [0.4, 0.5) is 4.79 Å². The third-order valence-electron chi connectivity index (χ3n) is 3.99. The standard InChI is InChI=1S/C18H24N2O4/c1-17(2,3)11-18(4,24-16(19)23)9-10-20-14(21)12-7-5-6-8-13(12)15(20)22/h5-8H,9-11H2,1-4H3,(H2,19,23). The Kier molecular flexibility index (Phi) is 4.69. The maximum Gasteiger partial charge on any atom is 0.405 e. The third-order valence-corrected chi connectivity index (χ3v) is 3.99. The molecule has 2 N–H and O–H groups in total. The van der Waals surface area contributed by atoms with Crippen molar-refractivity contribution < 1.29 is 19.1 Å². The van der Waals surface area contributed by atoms with E-state index in [2.05, 4.69) is 0 Å². The Labute approximate surface area is 142 Å². The van der Waals surface area contributed by atoms with Gasteiger partial charge in [-0.05, 0) is 30.9 Å². The summed E-state index contributed by atoms with van der Waals surface area (Å²) in [5.74, 6) is -0.624. The van der Waals surface area contributed by atoms with E-state index in [-0.39, 0.29) is 23.8 Å². The molecule has 1 aliphatic rings. The van der Waals surface area contributed by atoms with Crippen LogP contribution in [0, 0.1) is 5.41 Å². The molecule has 0 aromatic heterocycles. The zero-order valence-corrected chi connectivity index (χ0v) is 14.6. The van der Waals surface area contributed by atoms with Crippen LogP contribution < -0.4 is 5.73 Å². The van der Waals surface area contributed by atoms with Crippen LogP contribution in [0.1, 0.15) is 61.3 Å². The molecule has 130 valence electrons. The molecular formula is C18H24N2O4. The summed E-state index contributed by atoms with van der Waals surface area (Å²) in [6.45, 7) is 8.03. The molecule has 0 radical (unpaired) electrons. The Hall–Kier alpha value is -2.37. The quantitative estimate of drug-likeness (QED) is 0.839. The number of hydrogen-bond acceptors (Lipinski definition) is 4. The lowest BCUT2D eigenvalue weighted by Crippen LogP contribution is -2.42. The van der Waals surface area contributed by atoms with Crippen LogP contribution in [0.25, 0.3) is 0 Å². The minimum absolute atomic E-state index is 0.105. The summed E-state index contributed by atoms with van der Waals surface area (Å²) < 4.78 is 5.31. The lowest BCUT2D eigenvalue weighted by atomic mass is 9.81. The first kappa shape index (κ1) is 18.0. The van der Waals surface area contributed by atoms with Crippen molar-refractivity contribution in [1.82, 2.24) is 4.90 Å². The minimum atomic E-state index is -0.857. The van der Waals surface area contributed by atoms with E-state index < -0.39 is 11.7 Å². The molecule has 1 aromatic rings. The zero-order chi connectivity index (χ0) is 18.1. The monoisotopic (exact) mass is 332 g/mol. The van der Waals surface area contributed by atoms with Crippen molar-refractivity contribution in [2.45, 2.75) is 46.1 Å². The second-order valence-corrected chi connectivity index (χ2v) is 7.67. The molecule has 6 heteroatoms. The smallest absolute Gasteiger partial charge is 0.405 e. The summed E-state index contributed by atoms with van der Waals surface area (Å²) in [6, 6.07) is 6.74. The predicted molar refractivity (Wildman–Crippen MR) is 89.6 cm³/mol. The van der Waals surface area contributed by atoms with Gasteiger partial charge in [-0.25, -0.2) is 4.79 Å². The number of carbonyl (C=O) groups is 3. The van der Waals surface area contributed by atoms with E-state index in [1.54, 1.807) is 31.2 Å². The van der Waals surface area contributed by atoms with E-state index in [9.17, 15) is 14.4 Å². The second kappa shape index (κ2) is 6.26. The van der Waals surface area contributed by atoms with Gasteiger partial charge in [0.2, 0.25) is 0 Å². The molecule has 0 saturated carbocycles. The number of amides is 3. The van der Waals surface area contributed by atoms with E-state index in [1.165, 1.54) is 4.90 Å². The fraction of sp³-hybridized carbons (Fsp3) is 0.500. The van der Waals surface area contributed by atoms with E-state index >= 15 is 0 Å².